The van der Waals surface area contributed by atoms with Crippen LogP contribution in [0.3, 0.4) is 0 Å². The molecule has 0 amide bonds. The van der Waals surface area contributed by atoms with Crippen molar-refractivity contribution in [3.8, 4) is 33.7 Å². The summed E-state index contributed by atoms with van der Waals surface area (Å²) in [5.74, 6) is 0.630. The molecule has 1 aromatic heterocycles. The van der Waals surface area contributed by atoms with Crippen LogP contribution in [0.1, 0.15) is 0 Å². The van der Waals surface area contributed by atoms with Gasteiger partial charge < -0.3 is 9.32 Å². The summed E-state index contributed by atoms with van der Waals surface area (Å²) in [5.41, 5.74) is 10.7. The molecule has 0 fully saturated rings. The van der Waals surface area contributed by atoms with E-state index >= 15 is 0 Å². The summed E-state index contributed by atoms with van der Waals surface area (Å²) in [6.45, 7) is 0. The second kappa shape index (κ2) is 12.4. The number of rotatable bonds is 6. The molecule has 0 saturated heterocycles. The summed E-state index contributed by atoms with van der Waals surface area (Å²) in [6, 6.07) is 68.6. The summed E-state index contributed by atoms with van der Waals surface area (Å²) in [7, 11) is 0. The van der Waals surface area contributed by atoms with Crippen LogP contribution in [0.4, 0.5) is 17.1 Å². The summed E-state index contributed by atoms with van der Waals surface area (Å²) in [6.07, 6.45) is 0. The molecular formula is C49H32N2O. The van der Waals surface area contributed by atoms with Crippen molar-refractivity contribution in [3.05, 3.63) is 194 Å². The average molecular weight is 665 g/mol. The molecule has 0 atom stereocenters. The van der Waals surface area contributed by atoms with Crippen molar-refractivity contribution in [2.24, 2.45) is 0 Å². The molecule has 0 radical (unpaired) electrons. The van der Waals surface area contributed by atoms with E-state index in [0.717, 1.165) is 61.0 Å². The Morgan fingerprint density at radius 1 is 0.365 bits per heavy atom. The molecular weight excluding hydrogens is 633 g/mol. The maximum absolute atomic E-state index is 6.58. The van der Waals surface area contributed by atoms with Gasteiger partial charge in [-0.1, -0.05) is 140 Å². The van der Waals surface area contributed by atoms with Gasteiger partial charge in [0, 0.05) is 33.4 Å². The van der Waals surface area contributed by atoms with E-state index in [2.05, 4.69) is 169 Å². The number of nitrogens with zero attached hydrogens (tertiary/aromatic N) is 2. The molecule has 1 heterocycles. The molecule has 3 nitrogen and oxygen atoms in total. The maximum Gasteiger partial charge on any atom is 0.227 e. The Balaban J connectivity index is 1.14. The molecule has 0 saturated carbocycles. The monoisotopic (exact) mass is 664 g/mol. The van der Waals surface area contributed by atoms with E-state index in [0.29, 0.717) is 5.89 Å². The van der Waals surface area contributed by atoms with Gasteiger partial charge in [0.2, 0.25) is 5.89 Å². The molecule has 3 heteroatoms. The van der Waals surface area contributed by atoms with Gasteiger partial charge >= 0.3 is 0 Å². The normalized spacial score (nSPS) is 11.5. The second-order valence-electron chi connectivity index (χ2n) is 13.1. The first-order valence-corrected chi connectivity index (χ1v) is 17.6. The Hall–Kier alpha value is -6.97. The first-order valence-electron chi connectivity index (χ1n) is 17.6. The highest BCUT2D eigenvalue weighted by Crippen LogP contribution is 2.44. The third-order valence-electron chi connectivity index (χ3n) is 10.1. The van der Waals surface area contributed by atoms with Gasteiger partial charge in [-0.15, -0.1) is 0 Å². The molecule has 0 aliphatic rings. The van der Waals surface area contributed by atoms with Gasteiger partial charge in [0.25, 0.3) is 0 Å². The third kappa shape index (κ3) is 5.02. The van der Waals surface area contributed by atoms with Gasteiger partial charge in [-0.05, 0) is 98.4 Å². The molecule has 0 N–H and O–H groups in total. The predicted molar refractivity (Wildman–Crippen MR) is 218 cm³/mol. The van der Waals surface area contributed by atoms with E-state index in [-0.39, 0.29) is 0 Å². The predicted octanol–water partition coefficient (Wildman–Crippen LogP) is 13.8. The zero-order valence-electron chi connectivity index (χ0n) is 28.3. The zero-order chi connectivity index (χ0) is 34.4. The van der Waals surface area contributed by atoms with Crippen LogP contribution in [0.2, 0.25) is 0 Å². The zero-order valence-corrected chi connectivity index (χ0v) is 28.3. The Morgan fingerprint density at radius 3 is 1.46 bits per heavy atom. The molecule has 10 aromatic rings. The highest BCUT2D eigenvalue weighted by atomic mass is 16.3. The van der Waals surface area contributed by atoms with Crippen LogP contribution >= 0.6 is 0 Å². The summed E-state index contributed by atoms with van der Waals surface area (Å²) >= 11 is 0. The van der Waals surface area contributed by atoms with Crippen LogP contribution in [0.25, 0.3) is 77.1 Å². The number of para-hydroxylation sites is 1. The fourth-order valence-electron chi connectivity index (χ4n) is 7.63. The maximum atomic E-state index is 6.58. The molecule has 0 aliphatic carbocycles. The second-order valence-corrected chi connectivity index (χ2v) is 13.1. The minimum Gasteiger partial charge on any atom is -0.435 e. The van der Waals surface area contributed by atoms with Crippen molar-refractivity contribution in [3.63, 3.8) is 0 Å². The van der Waals surface area contributed by atoms with E-state index in [1.165, 1.54) is 27.3 Å². The number of hydrogen-bond donors (Lipinski definition) is 0. The van der Waals surface area contributed by atoms with Gasteiger partial charge in [-0.2, -0.15) is 0 Å². The van der Waals surface area contributed by atoms with Gasteiger partial charge in [-0.3, -0.25) is 0 Å². The number of oxazole rings is 1. The highest BCUT2D eigenvalue weighted by Gasteiger charge is 2.20. The smallest absolute Gasteiger partial charge is 0.227 e. The molecule has 10 rings (SSSR count). The minimum atomic E-state index is 0.630. The minimum absolute atomic E-state index is 0.630. The van der Waals surface area contributed by atoms with Gasteiger partial charge in [-0.25, -0.2) is 4.98 Å². The average Bonchev–Trinajstić information content (AvgIpc) is 3.69. The van der Waals surface area contributed by atoms with E-state index in [9.17, 15) is 0 Å². The highest BCUT2D eigenvalue weighted by molar-refractivity contribution is 6.31. The van der Waals surface area contributed by atoms with Crippen molar-refractivity contribution in [1.29, 1.82) is 0 Å². The first kappa shape index (κ1) is 29.9. The van der Waals surface area contributed by atoms with Crippen molar-refractivity contribution < 1.29 is 4.42 Å². The van der Waals surface area contributed by atoms with E-state index < -0.39 is 0 Å². The van der Waals surface area contributed by atoms with E-state index in [1.807, 2.05) is 30.3 Å². The quantitative estimate of drug-likeness (QED) is 0.166. The van der Waals surface area contributed by atoms with Crippen LogP contribution in [-0.2, 0) is 0 Å². The number of aromatic nitrogens is 1. The van der Waals surface area contributed by atoms with Crippen molar-refractivity contribution >= 4 is 60.5 Å². The van der Waals surface area contributed by atoms with Gasteiger partial charge in [0.15, 0.2) is 5.58 Å². The largest absolute Gasteiger partial charge is 0.435 e. The summed E-state index contributed by atoms with van der Waals surface area (Å²) in [4.78, 5) is 7.47. The lowest BCUT2D eigenvalue weighted by Gasteiger charge is -2.26. The van der Waals surface area contributed by atoms with Crippen molar-refractivity contribution in [1.82, 2.24) is 4.98 Å². The fraction of sp³-hybridized carbons (Fsp3) is 0. The van der Waals surface area contributed by atoms with E-state index in [1.54, 1.807) is 0 Å². The Kier molecular flexibility index (Phi) is 7.14. The Morgan fingerprint density at radius 2 is 0.827 bits per heavy atom. The molecule has 52 heavy (non-hydrogen) atoms. The summed E-state index contributed by atoms with van der Waals surface area (Å²) in [5, 5.41) is 6.92. The van der Waals surface area contributed by atoms with Crippen LogP contribution in [-0.4, -0.2) is 4.98 Å². The van der Waals surface area contributed by atoms with E-state index in [4.69, 9.17) is 9.40 Å². The fourth-order valence-corrected chi connectivity index (χ4v) is 7.63. The van der Waals surface area contributed by atoms with Crippen LogP contribution in [0.5, 0.6) is 0 Å². The lowest BCUT2D eigenvalue weighted by Crippen LogP contribution is -2.09. The van der Waals surface area contributed by atoms with Gasteiger partial charge in [0.1, 0.15) is 5.52 Å². The number of hydrogen-bond acceptors (Lipinski definition) is 3. The first-order chi connectivity index (χ1) is 25.8. The van der Waals surface area contributed by atoms with Crippen molar-refractivity contribution in [2.75, 3.05) is 4.90 Å². The van der Waals surface area contributed by atoms with Crippen LogP contribution in [0.15, 0.2) is 199 Å². The number of fused-ring (bicyclic) bond motifs is 8. The Bertz CT molecular complexity index is 2860. The molecule has 0 aliphatic heterocycles. The lowest BCUT2D eigenvalue weighted by atomic mass is 9.90. The topological polar surface area (TPSA) is 29.3 Å². The number of anilines is 3. The van der Waals surface area contributed by atoms with Gasteiger partial charge in [0.05, 0.1) is 0 Å². The molecule has 0 spiro atoms. The van der Waals surface area contributed by atoms with Crippen LogP contribution < -0.4 is 4.90 Å². The Labute approximate surface area is 301 Å². The molecule has 0 unspecified atom stereocenters. The summed E-state index contributed by atoms with van der Waals surface area (Å²) < 4.78 is 6.58. The molecule has 0 bridgehead atoms. The number of benzene rings is 9. The third-order valence-corrected chi connectivity index (χ3v) is 10.1. The standard InChI is InChI=1S/C49H32N2O/c1-4-14-33(15-5-1)34-24-28-38(29-25-34)51(37-18-8-3-9-19-37)39-30-26-35(27-31-39)44-32-45-46(41-21-11-10-20-40(41)44)42-22-12-13-23-43(42)48-47(45)50-49(52-48)36-16-6-2-7-17-36/h1-32H. The molecule has 244 valence electrons. The lowest BCUT2D eigenvalue weighted by molar-refractivity contribution is 0.623. The SMILES string of the molecule is c1ccc(-c2ccc(N(c3ccccc3)c3ccc(-c4cc5c6nc(-c7ccccc7)oc6c6ccccc6c5c5ccccc45)cc3)cc2)cc1. The molecule has 9 aromatic carbocycles. The van der Waals surface area contributed by atoms with Crippen molar-refractivity contribution in [2.45, 2.75) is 0 Å². The van der Waals surface area contributed by atoms with Crippen LogP contribution in [0, 0.1) is 0 Å².